The van der Waals surface area contributed by atoms with Crippen molar-refractivity contribution in [2.45, 2.75) is 0 Å². The Morgan fingerprint density at radius 3 is 2.23 bits per heavy atom. The fourth-order valence-corrected chi connectivity index (χ4v) is 2.97. The molecule has 0 atom stereocenters. The maximum absolute atomic E-state index is 12.5. The average molecular weight is 419 g/mol. The van der Waals surface area contributed by atoms with Crippen LogP contribution in [-0.2, 0) is 9.53 Å². The molecule has 3 aromatic carbocycles. The normalized spacial score (nSPS) is 10.3. The maximum atomic E-state index is 12.5. The van der Waals surface area contributed by atoms with Gasteiger partial charge in [0.2, 0.25) is 0 Å². The van der Waals surface area contributed by atoms with Gasteiger partial charge in [-0.15, -0.1) is 0 Å². The summed E-state index contributed by atoms with van der Waals surface area (Å²) in [5.41, 5.74) is 2.85. The molecule has 0 aromatic heterocycles. The molecule has 1 amide bonds. The summed E-state index contributed by atoms with van der Waals surface area (Å²) in [6.07, 6.45) is 0. The first kappa shape index (κ1) is 21.5. The van der Waals surface area contributed by atoms with Crippen LogP contribution in [0.25, 0.3) is 11.1 Å². The molecule has 0 fully saturated rings. The smallest absolute Gasteiger partial charge is 0.341 e. The standard InChI is InChI=1S/C23H21N3O5/c1-25(2)21-13-12-19(26(29)30)14-20(21)23(28)31-15-22(27)24-18-10-8-17(9-11-18)16-6-4-3-5-7-16/h3-14H,15H2,1-2H3,(H,24,27). The number of rotatable bonds is 7. The molecular weight excluding hydrogens is 398 g/mol. The quantitative estimate of drug-likeness (QED) is 0.351. The van der Waals surface area contributed by atoms with Crippen LogP contribution in [-0.4, -0.2) is 37.5 Å². The minimum absolute atomic E-state index is 0.0132. The van der Waals surface area contributed by atoms with E-state index in [0.717, 1.165) is 17.2 Å². The molecule has 0 aliphatic carbocycles. The van der Waals surface area contributed by atoms with E-state index in [9.17, 15) is 19.7 Å². The highest BCUT2D eigenvalue weighted by Crippen LogP contribution is 2.25. The summed E-state index contributed by atoms with van der Waals surface area (Å²) in [4.78, 5) is 36.7. The fourth-order valence-electron chi connectivity index (χ4n) is 2.97. The molecule has 31 heavy (non-hydrogen) atoms. The summed E-state index contributed by atoms with van der Waals surface area (Å²) < 4.78 is 5.08. The maximum Gasteiger partial charge on any atom is 0.341 e. The number of nitrogens with one attached hydrogen (secondary N) is 1. The Morgan fingerprint density at radius 2 is 1.61 bits per heavy atom. The zero-order valence-electron chi connectivity index (χ0n) is 17.1. The molecule has 8 heteroatoms. The zero-order chi connectivity index (χ0) is 22.4. The Balaban J connectivity index is 1.62. The lowest BCUT2D eigenvalue weighted by atomic mass is 10.1. The first-order valence-electron chi connectivity index (χ1n) is 9.43. The van der Waals surface area contributed by atoms with Crippen LogP contribution < -0.4 is 10.2 Å². The lowest BCUT2D eigenvalue weighted by molar-refractivity contribution is -0.384. The van der Waals surface area contributed by atoms with Crippen molar-refractivity contribution < 1.29 is 19.2 Å². The van der Waals surface area contributed by atoms with E-state index in [1.807, 2.05) is 42.5 Å². The van der Waals surface area contributed by atoms with Crippen LogP contribution in [0.3, 0.4) is 0 Å². The number of benzene rings is 3. The summed E-state index contributed by atoms with van der Waals surface area (Å²) >= 11 is 0. The number of non-ortho nitro benzene ring substituents is 1. The van der Waals surface area contributed by atoms with Crippen molar-refractivity contribution in [3.8, 4) is 11.1 Å². The van der Waals surface area contributed by atoms with E-state index in [0.29, 0.717) is 11.4 Å². The molecule has 3 aromatic rings. The highest BCUT2D eigenvalue weighted by atomic mass is 16.6. The van der Waals surface area contributed by atoms with Gasteiger partial charge in [-0.1, -0.05) is 42.5 Å². The lowest BCUT2D eigenvalue weighted by Gasteiger charge is -2.16. The molecule has 0 saturated heterocycles. The highest BCUT2D eigenvalue weighted by Gasteiger charge is 2.20. The summed E-state index contributed by atoms with van der Waals surface area (Å²) in [5, 5.41) is 13.7. The average Bonchev–Trinajstić information content (AvgIpc) is 2.78. The number of nitro benzene ring substituents is 1. The van der Waals surface area contributed by atoms with Crippen molar-refractivity contribution in [3.05, 3.63) is 88.5 Å². The van der Waals surface area contributed by atoms with E-state index in [2.05, 4.69) is 5.32 Å². The third-order valence-electron chi connectivity index (χ3n) is 4.50. The van der Waals surface area contributed by atoms with Gasteiger partial charge in [0.1, 0.15) is 0 Å². The SMILES string of the molecule is CN(C)c1ccc([N+](=O)[O-])cc1C(=O)OCC(=O)Nc1ccc(-c2ccccc2)cc1. The molecule has 1 N–H and O–H groups in total. The van der Waals surface area contributed by atoms with Crippen LogP contribution >= 0.6 is 0 Å². The number of anilines is 2. The molecule has 0 saturated carbocycles. The molecule has 0 aliphatic rings. The topological polar surface area (TPSA) is 102 Å². The van der Waals surface area contributed by atoms with Crippen molar-refractivity contribution >= 4 is 28.9 Å². The van der Waals surface area contributed by atoms with Gasteiger partial charge >= 0.3 is 5.97 Å². The van der Waals surface area contributed by atoms with Gasteiger partial charge in [0.25, 0.3) is 11.6 Å². The molecule has 0 unspecified atom stereocenters. The molecule has 158 valence electrons. The van der Waals surface area contributed by atoms with E-state index < -0.39 is 23.4 Å². The minimum atomic E-state index is -0.818. The van der Waals surface area contributed by atoms with Crippen LogP contribution in [0.4, 0.5) is 17.1 Å². The Labute approximate surface area is 179 Å². The van der Waals surface area contributed by atoms with Crippen LogP contribution in [0.2, 0.25) is 0 Å². The molecule has 0 bridgehead atoms. The van der Waals surface area contributed by atoms with Crippen LogP contribution in [0, 0.1) is 10.1 Å². The second-order valence-electron chi connectivity index (χ2n) is 6.92. The zero-order valence-corrected chi connectivity index (χ0v) is 17.1. The van der Waals surface area contributed by atoms with Gasteiger partial charge in [0.05, 0.1) is 16.2 Å². The Bertz CT molecular complexity index is 1100. The summed E-state index contributed by atoms with van der Waals surface area (Å²) in [6.45, 7) is -0.519. The van der Waals surface area contributed by atoms with Crippen molar-refractivity contribution in [1.82, 2.24) is 0 Å². The number of carbonyl (C=O) groups excluding carboxylic acids is 2. The van der Waals surface area contributed by atoms with Crippen LogP contribution in [0.1, 0.15) is 10.4 Å². The number of carbonyl (C=O) groups is 2. The largest absolute Gasteiger partial charge is 0.452 e. The molecule has 0 aliphatic heterocycles. The Kier molecular flexibility index (Phi) is 6.61. The first-order chi connectivity index (χ1) is 14.8. The van der Waals surface area contributed by atoms with Gasteiger partial charge in [-0.2, -0.15) is 0 Å². The number of amides is 1. The predicted molar refractivity (Wildman–Crippen MR) is 118 cm³/mol. The van der Waals surface area contributed by atoms with Gasteiger partial charge in [-0.05, 0) is 29.3 Å². The number of nitro groups is 1. The second kappa shape index (κ2) is 9.53. The monoisotopic (exact) mass is 419 g/mol. The molecule has 3 rings (SSSR count). The Hall–Kier alpha value is -4.20. The van der Waals surface area contributed by atoms with E-state index in [1.54, 1.807) is 31.1 Å². The van der Waals surface area contributed by atoms with E-state index in [-0.39, 0.29) is 11.3 Å². The Morgan fingerprint density at radius 1 is 0.968 bits per heavy atom. The number of nitrogens with zero attached hydrogens (tertiary/aromatic N) is 2. The number of hydrogen-bond acceptors (Lipinski definition) is 6. The van der Waals surface area contributed by atoms with Crippen molar-refractivity contribution in [3.63, 3.8) is 0 Å². The van der Waals surface area contributed by atoms with Crippen molar-refractivity contribution in [2.24, 2.45) is 0 Å². The molecular formula is C23H21N3O5. The summed E-state index contributed by atoms with van der Waals surface area (Å²) in [6, 6.07) is 21.0. The van der Waals surface area contributed by atoms with E-state index in [1.165, 1.54) is 12.1 Å². The third-order valence-corrected chi connectivity index (χ3v) is 4.50. The van der Waals surface area contributed by atoms with Gasteiger partial charge in [0.15, 0.2) is 6.61 Å². The predicted octanol–water partition coefficient (Wildman–Crippen LogP) is 4.12. The molecule has 8 nitrogen and oxygen atoms in total. The highest BCUT2D eigenvalue weighted by molar-refractivity contribution is 5.99. The molecule has 0 heterocycles. The lowest BCUT2D eigenvalue weighted by Crippen LogP contribution is -2.22. The summed E-state index contributed by atoms with van der Waals surface area (Å²) in [7, 11) is 3.40. The van der Waals surface area contributed by atoms with E-state index >= 15 is 0 Å². The molecule has 0 spiro atoms. The first-order valence-corrected chi connectivity index (χ1v) is 9.43. The van der Waals surface area contributed by atoms with Gasteiger partial charge < -0.3 is 15.0 Å². The third kappa shape index (κ3) is 5.45. The molecule has 0 radical (unpaired) electrons. The van der Waals surface area contributed by atoms with Crippen molar-refractivity contribution in [1.29, 1.82) is 0 Å². The van der Waals surface area contributed by atoms with Crippen molar-refractivity contribution in [2.75, 3.05) is 30.9 Å². The second-order valence-corrected chi connectivity index (χ2v) is 6.92. The van der Waals surface area contributed by atoms with Gasteiger partial charge in [-0.25, -0.2) is 4.79 Å². The van der Waals surface area contributed by atoms with Crippen LogP contribution in [0.5, 0.6) is 0 Å². The number of esters is 1. The number of hydrogen-bond donors (Lipinski definition) is 1. The minimum Gasteiger partial charge on any atom is -0.452 e. The van der Waals surface area contributed by atoms with Gasteiger partial charge in [0, 0.05) is 31.9 Å². The van der Waals surface area contributed by atoms with Crippen LogP contribution in [0.15, 0.2) is 72.8 Å². The fraction of sp³-hybridized carbons (Fsp3) is 0.130. The summed E-state index contributed by atoms with van der Waals surface area (Å²) in [5.74, 6) is -1.33. The van der Waals surface area contributed by atoms with Gasteiger partial charge in [-0.3, -0.25) is 14.9 Å². The number of ether oxygens (including phenoxy) is 1. The van der Waals surface area contributed by atoms with E-state index in [4.69, 9.17) is 4.74 Å².